The Labute approximate surface area is 109 Å². The van der Waals surface area contributed by atoms with Crippen LogP contribution in [0.1, 0.15) is 20.8 Å². The van der Waals surface area contributed by atoms with Gasteiger partial charge >= 0.3 is 0 Å². The summed E-state index contributed by atoms with van der Waals surface area (Å²) in [5.74, 6) is 5.70. The van der Waals surface area contributed by atoms with Crippen LogP contribution in [0.4, 0.5) is 0 Å². The van der Waals surface area contributed by atoms with Crippen molar-refractivity contribution in [3.05, 3.63) is 0 Å². The van der Waals surface area contributed by atoms with Crippen LogP contribution in [0.3, 0.4) is 0 Å². The average molecular weight is 259 g/mol. The van der Waals surface area contributed by atoms with E-state index >= 15 is 0 Å². The van der Waals surface area contributed by atoms with E-state index in [1.807, 2.05) is 13.8 Å². The first kappa shape index (κ1) is 16.7. The zero-order valence-corrected chi connectivity index (χ0v) is 11.9. The summed E-state index contributed by atoms with van der Waals surface area (Å²) in [5, 5.41) is 3.03. The second kappa shape index (κ2) is 8.71. The maximum atomic E-state index is 11.8. The van der Waals surface area contributed by atoms with Gasteiger partial charge in [-0.1, -0.05) is 0 Å². The molecule has 7 heteroatoms. The fourth-order valence-electron chi connectivity index (χ4n) is 1.36. The number of hydrogen-bond donors (Lipinski definition) is 3. The van der Waals surface area contributed by atoms with Gasteiger partial charge in [-0.2, -0.15) is 0 Å². The number of carbonyl (C=O) groups is 1. The average Bonchev–Trinajstić information content (AvgIpc) is 2.36. The molecule has 0 heterocycles. The van der Waals surface area contributed by atoms with Gasteiger partial charge in [0.25, 0.3) is 0 Å². The van der Waals surface area contributed by atoms with E-state index in [-0.39, 0.29) is 11.9 Å². The van der Waals surface area contributed by atoms with Crippen LogP contribution >= 0.6 is 0 Å². The standard InChI is InChI=1S/C11H25N5O2/c1-6-16(4)10(17)9(3)14-11(15-12)13-8(2)7-18-5/h8-9H,6-7,12H2,1-5H3,(H2,13,14,15). The van der Waals surface area contributed by atoms with E-state index in [2.05, 4.69) is 15.7 Å². The number of nitrogens with two attached hydrogens (primary N) is 1. The maximum Gasteiger partial charge on any atom is 0.246 e. The van der Waals surface area contributed by atoms with Crippen molar-refractivity contribution in [1.29, 1.82) is 0 Å². The molecule has 0 spiro atoms. The molecule has 106 valence electrons. The zero-order chi connectivity index (χ0) is 14.1. The van der Waals surface area contributed by atoms with E-state index in [1.165, 1.54) is 0 Å². The minimum absolute atomic E-state index is 0.0496. The predicted molar refractivity (Wildman–Crippen MR) is 72.0 cm³/mol. The number of methoxy groups -OCH3 is 1. The first-order valence-electron chi connectivity index (χ1n) is 6.01. The van der Waals surface area contributed by atoms with Gasteiger partial charge in [0.1, 0.15) is 6.04 Å². The highest BCUT2D eigenvalue weighted by Gasteiger charge is 2.16. The molecule has 0 bridgehead atoms. The highest BCUT2D eigenvalue weighted by Crippen LogP contribution is 1.96. The Hall–Kier alpha value is -1.34. The number of amides is 1. The summed E-state index contributed by atoms with van der Waals surface area (Å²) >= 11 is 0. The van der Waals surface area contributed by atoms with E-state index in [9.17, 15) is 4.79 Å². The number of aliphatic imine (C=N–C) groups is 1. The highest BCUT2D eigenvalue weighted by atomic mass is 16.5. The Morgan fingerprint density at radius 3 is 2.56 bits per heavy atom. The smallest absolute Gasteiger partial charge is 0.246 e. The third-order valence-electron chi connectivity index (χ3n) is 2.47. The van der Waals surface area contributed by atoms with Gasteiger partial charge in [0, 0.05) is 26.7 Å². The van der Waals surface area contributed by atoms with Gasteiger partial charge < -0.3 is 15.0 Å². The Morgan fingerprint density at radius 2 is 2.11 bits per heavy atom. The molecule has 0 aliphatic rings. The number of nitrogens with one attached hydrogen (secondary N) is 2. The number of carbonyl (C=O) groups excluding carboxylic acids is 1. The van der Waals surface area contributed by atoms with Crippen molar-refractivity contribution < 1.29 is 9.53 Å². The number of ether oxygens (including phenoxy) is 1. The molecule has 0 aliphatic heterocycles. The number of hydrogen-bond acceptors (Lipinski definition) is 4. The molecule has 7 nitrogen and oxygen atoms in total. The molecule has 2 atom stereocenters. The van der Waals surface area contributed by atoms with E-state index in [0.717, 1.165) is 0 Å². The van der Waals surface area contributed by atoms with Crippen LogP contribution in [0.5, 0.6) is 0 Å². The molecule has 0 radical (unpaired) electrons. The molecule has 0 rings (SSSR count). The van der Waals surface area contributed by atoms with Gasteiger partial charge in [-0.05, 0) is 20.8 Å². The number of likely N-dealkylation sites (N-methyl/N-ethyl adjacent to an activating group) is 1. The Bertz CT molecular complexity index is 283. The van der Waals surface area contributed by atoms with Crippen LogP contribution in [0.2, 0.25) is 0 Å². The van der Waals surface area contributed by atoms with Gasteiger partial charge in [0.2, 0.25) is 11.9 Å². The summed E-state index contributed by atoms with van der Waals surface area (Å²) in [7, 11) is 3.36. The Morgan fingerprint density at radius 1 is 1.50 bits per heavy atom. The molecule has 0 aromatic carbocycles. The van der Waals surface area contributed by atoms with Crippen molar-refractivity contribution in [3.8, 4) is 0 Å². The van der Waals surface area contributed by atoms with Crippen LogP contribution in [-0.2, 0) is 9.53 Å². The van der Waals surface area contributed by atoms with Gasteiger partial charge in [-0.3, -0.25) is 10.2 Å². The third-order valence-corrected chi connectivity index (χ3v) is 2.47. The summed E-state index contributed by atoms with van der Waals surface area (Å²) in [6.45, 7) is 6.75. The molecule has 2 unspecified atom stereocenters. The SMILES string of the molecule is CCN(C)C(=O)C(C)N=C(NN)NC(C)COC. The number of rotatable bonds is 6. The molecule has 0 aromatic rings. The molecular formula is C11H25N5O2. The molecule has 0 aromatic heterocycles. The summed E-state index contributed by atoms with van der Waals surface area (Å²) < 4.78 is 5.00. The molecule has 1 amide bonds. The van der Waals surface area contributed by atoms with Crippen LogP contribution in [0.15, 0.2) is 4.99 Å². The number of nitrogens with zero attached hydrogens (tertiary/aromatic N) is 2. The second-order valence-corrected chi connectivity index (χ2v) is 4.15. The molecule has 0 fully saturated rings. The first-order chi connectivity index (χ1) is 8.46. The van der Waals surface area contributed by atoms with Crippen molar-refractivity contribution in [2.24, 2.45) is 10.8 Å². The van der Waals surface area contributed by atoms with Crippen molar-refractivity contribution in [1.82, 2.24) is 15.6 Å². The fourth-order valence-corrected chi connectivity index (χ4v) is 1.36. The van der Waals surface area contributed by atoms with Crippen molar-refractivity contribution in [2.45, 2.75) is 32.9 Å². The highest BCUT2D eigenvalue weighted by molar-refractivity contribution is 5.86. The van der Waals surface area contributed by atoms with Crippen molar-refractivity contribution in [3.63, 3.8) is 0 Å². The number of guanidine groups is 1. The quantitative estimate of drug-likeness (QED) is 0.254. The topological polar surface area (TPSA) is 92.0 Å². The molecule has 0 aliphatic carbocycles. The minimum Gasteiger partial charge on any atom is -0.383 e. The van der Waals surface area contributed by atoms with Crippen molar-refractivity contribution in [2.75, 3.05) is 27.3 Å². The Balaban J connectivity index is 4.53. The molecule has 18 heavy (non-hydrogen) atoms. The molecule has 0 saturated carbocycles. The molecule has 4 N–H and O–H groups in total. The van der Waals surface area contributed by atoms with Crippen LogP contribution in [0, 0.1) is 0 Å². The Kier molecular flexibility index (Phi) is 8.06. The lowest BCUT2D eigenvalue weighted by molar-refractivity contribution is -0.130. The molecule has 0 saturated heterocycles. The minimum atomic E-state index is -0.483. The monoisotopic (exact) mass is 259 g/mol. The van der Waals surface area contributed by atoms with Gasteiger partial charge in [-0.15, -0.1) is 0 Å². The summed E-state index contributed by atoms with van der Waals surface area (Å²) in [6.07, 6.45) is 0. The third kappa shape index (κ3) is 5.83. The zero-order valence-electron chi connectivity index (χ0n) is 11.9. The van der Waals surface area contributed by atoms with E-state index in [0.29, 0.717) is 19.1 Å². The number of hydrazine groups is 1. The van der Waals surface area contributed by atoms with Crippen LogP contribution < -0.4 is 16.6 Å². The summed E-state index contributed by atoms with van der Waals surface area (Å²) in [5.41, 5.74) is 2.45. The molecular weight excluding hydrogens is 234 g/mol. The van der Waals surface area contributed by atoms with Gasteiger partial charge in [-0.25, -0.2) is 10.8 Å². The lowest BCUT2D eigenvalue weighted by Crippen LogP contribution is -2.48. The first-order valence-corrected chi connectivity index (χ1v) is 6.01. The second-order valence-electron chi connectivity index (χ2n) is 4.15. The van der Waals surface area contributed by atoms with E-state index in [4.69, 9.17) is 10.6 Å². The van der Waals surface area contributed by atoms with E-state index in [1.54, 1.807) is 26.0 Å². The normalized spacial score (nSPS) is 14.9. The maximum absolute atomic E-state index is 11.8. The van der Waals surface area contributed by atoms with Gasteiger partial charge in [0.15, 0.2) is 0 Å². The van der Waals surface area contributed by atoms with Crippen LogP contribution in [-0.4, -0.2) is 56.2 Å². The lowest BCUT2D eigenvalue weighted by atomic mass is 10.3. The van der Waals surface area contributed by atoms with Crippen molar-refractivity contribution >= 4 is 11.9 Å². The predicted octanol–water partition coefficient (Wildman–Crippen LogP) is -0.703. The summed E-state index contributed by atoms with van der Waals surface area (Å²) in [6, 6.07) is -0.431. The lowest BCUT2D eigenvalue weighted by Gasteiger charge is -2.20. The van der Waals surface area contributed by atoms with E-state index < -0.39 is 6.04 Å². The summed E-state index contributed by atoms with van der Waals surface area (Å²) in [4.78, 5) is 17.7. The van der Waals surface area contributed by atoms with Gasteiger partial charge in [0.05, 0.1) is 6.61 Å². The largest absolute Gasteiger partial charge is 0.383 e. The van der Waals surface area contributed by atoms with Crippen LogP contribution in [0.25, 0.3) is 0 Å². The fraction of sp³-hybridized carbons (Fsp3) is 0.818.